The molecule has 0 aromatic heterocycles. The number of carbonyl (C=O) groups is 1. The maximum absolute atomic E-state index is 13.2. The molecule has 0 saturated carbocycles. The van der Waals surface area contributed by atoms with Gasteiger partial charge in [0.2, 0.25) is 0 Å². The molecule has 1 aromatic carbocycles. The lowest BCUT2D eigenvalue weighted by Gasteiger charge is -2.40. The topological polar surface area (TPSA) is 35.5 Å². The van der Waals surface area contributed by atoms with Gasteiger partial charge in [-0.25, -0.2) is 4.39 Å². The molecule has 1 aromatic rings. The number of rotatable bonds is 4. The van der Waals surface area contributed by atoms with Gasteiger partial charge in [0.25, 0.3) is 0 Å². The molecule has 22 heavy (non-hydrogen) atoms. The molecule has 0 unspecified atom stereocenters. The van der Waals surface area contributed by atoms with Crippen molar-refractivity contribution in [3.8, 4) is 5.75 Å². The Hall–Kier alpha value is -1.20. The Balaban J connectivity index is 2.13. The Morgan fingerprint density at radius 2 is 2.09 bits per heavy atom. The van der Waals surface area contributed by atoms with E-state index in [1.54, 1.807) is 6.07 Å². The normalized spacial score (nSPS) is 20.0. The van der Waals surface area contributed by atoms with E-state index in [-0.39, 0.29) is 17.0 Å². The molecule has 5 heteroatoms. The molecule has 2 rings (SSSR count). The van der Waals surface area contributed by atoms with Gasteiger partial charge in [0.15, 0.2) is 14.6 Å². The predicted molar refractivity (Wildman–Crippen MR) is 87.3 cm³/mol. The van der Waals surface area contributed by atoms with Crippen molar-refractivity contribution in [2.75, 3.05) is 0 Å². The number of hydrogen-bond donors (Lipinski definition) is 0. The molecule has 1 aliphatic rings. The Kier molecular flexibility index (Phi) is 4.78. The third-order valence-corrected chi connectivity index (χ3v) is 9.21. The molecule has 0 bridgehead atoms. The Morgan fingerprint density at radius 1 is 1.41 bits per heavy atom. The van der Waals surface area contributed by atoms with Crippen LogP contribution in [-0.2, 0) is 15.6 Å². The minimum absolute atomic E-state index is 0.0317. The van der Waals surface area contributed by atoms with Gasteiger partial charge in [0, 0.05) is 0 Å². The van der Waals surface area contributed by atoms with Gasteiger partial charge >= 0.3 is 0 Å². The molecule has 0 spiro atoms. The van der Waals surface area contributed by atoms with Gasteiger partial charge in [-0.2, -0.15) is 0 Å². The van der Waals surface area contributed by atoms with Crippen LogP contribution in [0.1, 0.15) is 32.8 Å². The minimum Gasteiger partial charge on any atom is -0.487 e. The van der Waals surface area contributed by atoms with Crippen molar-refractivity contribution >= 4 is 14.6 Å². The quantitative estimate of drug-likeness (QED) is 0.617. The average molecular weight is 324 g/mol. The molecule has 1 aliphatic heterocycles. The van der Waals surface area contributed by atoms with E-state index >= 15 is 0 Å². The summed E-state index contributed by atoms with van der Waals surface area (Å²) in [5.41, 5.74) is 0.855. The van der Waals surface area contributed by atoms with E-state index in [0.29, 0.717) is 18.6 Å². The number of fused-ring (bicyclic) bond motifs is 1. The van der Waals surface area contributed by atoms with Crippen LogP contribution >= 0.6 is 0 Å². The number of aldehydes is 1. The summed E-state index contributed by atoms with van der Waals surface area (Å²) in [6, 6.07) is 4.51. The number of benzene rings is 1. The zero-order valence-corrected chi connectivity index (χ0v) is 15.0. The minimum atomic E-state index is -2.04. The number of hydrogen-bond acceptors (Lipinski definition) is 3. The van der Waals surface area contributed by atoms with Crippen LogP contribution in [0.4, 0.5) is 4.39 Å². The van der Waals surface area contributed by atoms with Crippen LogP contribution in [0.3, 0.4) is 0 Å². The maximum atomic E-state index is 13.2. The van der Waals surface area contributed by atoms with Gasteiger partial charge in [-0.3, -0.25) is 0 Å². The van der Waals surface area contributed by atoms with Crippen LogP contribution in [0.5, 0.6) is 5.75 Å². The summed E-state index contributed by atoms with van der Waals surface area (Å²) in [4.78, 5) is 11.5. The highest BCUT2D eigenvalue weighted by Crippen LogP contribution is 2.38. The van der Waals surface area contributed by atoms with Crippen LogP contribution in [0.2, 0.25) is 18.1 Å². The summed E-state index contributed by atoms with van der Waals surface area (Å²) in [7, 11) is -2.04. The van der Waals surface area contributed by atoms with Crippen molar-refractivity contribution in [1.29, 1.82) is 0 Å². The molecule has 122 valence electrons. The van der Waals surface area contributed by atoms with Crippen molar-refractivity contribution in [2.45, 2.75) is 64.0 Å². The van der Waals surface area contributed by atoms with E-state index in [2.05, 4.69) is 33.9 Å². The van der Waals surface area contributed by atoms with Gasteiger partial charge in [0.05, 0.1) is 0 Å². The van der Waals surface area contributed by atoms with Crippen molar-refractivity contribution in [2.24, 2.45) is 0 Å². The first-order valence-electron chi connectivity index (χ1n) is 7.72. The van der Waals surface area contributed by atoms with Crippen LogP contribution in [0.15, 0.2) is 18.2 Å². The van der Waals surface area contributed by atoms with E-state index in [1.165, 1.54) is 12.1 Å². The first kappa shape index (κ1) is 17.2. The lowest BCUT2D eigenvalue weighted by atomic mass is 9.99. The highest BCUT2D eigenvalue weighted by molar-refractivity contribution is 6.74. The SMILES string of the molecule is CC(C)(C)[Si](C)(C)O[C@H](C=O)[C@@H]1CCc2cc(F)ccc2O1. The van der Waals surface area contributed by atoms with Crippen LogP contribution in [0, 0.1) is 5.82 Å². The Morgan fingerprint density at radius 3 is 2.68 bits per heavy atom. The van der Waals surface area contributed by atoms with Crippen molar-refractivity contribution in [3.05, 3.63) is 29.6 Å². The highest BCUT2D eigenvalue weighted by atomic mass is 28.4. The number of ether oxygens (including phenoxy) is 1. The summed E-state index contributed by atoms with van der Waals surface area (Å²) >= 11 is 0. The van der Waals surface area contributed by atoms with Crippen LogP contribution in [0.25, 0.3) is 0 Å². The first-order valence-corrected chi connectivity index (χ1v) is 10.6. The number of aryl methyl sites for hydroxylation is 1. The molecule has 0 fully saturated rings. The van der Waals surface area contributed by atoms with Gasteiger partial charge in [0.1, 0.15) is 23.8 Å². The second kappa shape index (κ2) is 6.12. The van der Waals surface area contributed by atoms with Crippen LogP contribution < -0.4 is 4.74 Å². The fourth-order valence-corrected chi connectivity index (χ4v) is 3.56. The van der Waals surface area contributed by atoms with Gasteiger partial charge in [-0.1, -0.05) is 20.8 Å². The van der Waals surface area contributed by atoms with Crippen molar-refractivity contribution < 1.29 is 18.3 Å². The molecule has 3 nitrogen and oxygen atoms in total. The summed E-state index contributed by atoms with van der Waals surface area (Å²) in [5.74, 6) is 0.397. The lowest BCUT2D eigenvalue weighted by molar-refractivity contribution is -0.118. The number of carbonyl (C=O) groups excluding carboxylic acids is 1. The van der Waals surface area contributed by atoms with Gasteiger partial charge < -0.3 is 14.0 Å². The monoisotopic (exact) mass is 324 g/mol. The highest BCUT2D eigenvalue weighted by Gasteiger charge is 2.41. The molecule has 1 heterocycles. The van der Waals surface area contributed by atoms with Crippen molar-refractivity contribution in [3.63, 3.8) is 0 Å². The zero-order valence-electron chi connectivity index (χ0n) is 14.0. The molecular weight excluding hydrogens is 299 g/mol. The summed E-state index contributed by atoms with van der Waals surface area (Å²) < 4.78 is 25.3. The molecule has 0 aliphatic carbocycles. The lowest BCUT2D eigenvalue weighted by Crippen LogP contribution is -2.49. The summed E-state index contributed by atoms with van der Waals surface area (Å²) in [6.45, 7) is 10.7. The molecule has 0 saturated heterocycles. The second-order valence-electron chi connectivity index (χ2n) is 7.43. The van der Waals surface area contributed by atoms with E-state index in [0.717, 1.165) is 11.8 Å². The smallest absolute Gasteiger partial charge is 0.193 e. The third-order valence-electron chi connectivity index (χ3n) is 4.74. The predicted octanol–water partition coefficient (Wildman–Crippen LogP) is 4.11. The Labute approximate surface area is 132 Å². The van der Waals surface area contributed by atoms with Gasteiger partial charge in [-0.05, 0) is 54.7 Å². The summed E-state index contributed by atoms with van der Waals surface area (Å²) in [6.07, 6.45) is 1.33. The standard InChI is InChI=1S/C17H25FO3Si/c1-17(2,3)22(4,5)21-16(11-19)15-8-6-12-10-13(18)7-9-14(12)20-15/h7,9-11,15-16H,6,8H2,1-5H3/t15-,16+/m0/s1. The Bertz CT molecular complexity index is 551. The summed E-state index contributed by atoms with van der Waals surface area (Å²) in [5, 5.41) is 0.0317. The van der Waals surface area contributed by atoms with E-state index < -0.39 is 14.4 Å². The zero-order chi connectivity index (χ0) is 16.5. The third kappa shape index (κ3) is 3.58. The van der Waals surface area contributed by atoms with Crippen LogP contribution in [-0.4, -0.2) is 26.8 Å². The van der Waals surface area contributed by atoms with E-state index in [1.807, 2.05) is 0 Å². The fourth-order valence-electron chi connectivity index (χ4n) is 2.32. The number of halogens is 1. The average Bonchev–Trinajstić information content (AvgIpc) is 2.43. The van der Waals surface area contributed by atoms with Crippen molar-refractivity contribution in [1.82, 2.24) is 0 Å². The molecule has 0 N–H and O–H groups in total. The maximum Gasteiger partial charge on any atom is 0.193 e. The largest absolute Gasteiger partial charge is 0.487 e. The van der Waals surface area contributed by atoms with Gasteiger partial charge in [-0.15, -0.1) is 0 Å². The molecule has 0 radical (unpaired) electrons. The fraction of sp³-hybridized carbons (Fsp3) is 0.588. The second-order valence-corrected chi connectivity index (χ2v) is 12.2. The van der Waals surface area contributed by atoms with E-state index in [4.69, 9.17) is 9.16 Å². The first-order chi connectivity index (χ1) is 10.1. The molecule has 0 amide bonds. The molecular formula is C17H25FO3Si. The molecule has 2 atom stereocenters. The van der Waals surface area contributed by atoms with E-state index in [9.17, 15) is 9.18 Å².